The van der Waals surface area contributed by atoms with Gasteiger partial charge in [-0.3, -0.25) is 4.79 Å². The number of aliphatic hydroxyl groups is 2. The van der Waals surface area contributed by atoms with Crippen molar-refractivity contribution in [2.24, 2.45) is 0 Å². The molecule has 0 radical (unpaired) electrons. The summed E-state index contributed by atoms with van der Waals surface area (Å²) in [5, 5.41) is 16.5. The molecule has 0 spiro atoms. The lowest BCUT2D eigenvalue weighted by Gasteiger charge is -2.38. The van der Waals surface area contributed by atoms with E-state index in [0.717, 1.165) is 0 Å². The van der Waals surface area contributed by atoms with Crippen molar-refractivity contribution in [2.45, 2.75) is 35.9 Å². The summed E-state index contributed by atoms with van der Waals surface area (Å²) in [6.45, 7) is 0. The number of halogens is 12. The van der Waals surface area contributed by atoms with Crippen molar-refractivity contribution < 1.29 is 67.7 Å². The van der Waals surface area contributed by atoms with E-state index >= 15 is 0 Å². The zero-order valence-corrected chi connectivity index (χ0v) is 9.34. The molecule has 0 aliphatic carbocycles. The van der Waals surface area contributed by atoms with Crippen molar-refractivity contribution in [3.63, 3.8) is 0 Å². The van der Waals surface area contributed by atoms with Crippen molar-refractivity contribution in [1.82, 2.24) is 0 Å². The van der Waals surface area contributed by atoms with Crippen molar-refractivity contribution in [3.05, 3.63) is 0 Å². The van der Waals surface area contributed by atoms with Crippen LogP contribution in [-0.2, 0) is 4.79 Å². The quantitative estimate of drug-likeness (QED) is 0.742. The van der Waals surface area contributed by atoms with E-state index in [9.17, 15) is 57.5 Å². The van der Waals surface area contributed by atoms with Crippen LogP contribution >= 0.6 is 0 Å². The van der Waals surface area contributed by atoms with E-state index in [1.54, 1.807) is 0 Å². The highest BCUT2D eigenvalue weighted by molar-refractivity contribution is 5.97. The normalized spacial score (nSPS) is 15.9. The second-order valence-electron chi connectivity index (χ2n) is 3.74. The molecule has 0 rings (SSSR count). The van der Waals surface area contributed by atoms with Gasteiger partial charge in [-0.05, 0) is 0 Å². The highest BCUT2D eigenvalue weighted by atomic mass is 19.4. The minimum atomic E-state index is -7.33. The Morgan fingerprint density at radius 1 is 0.500 bits per heavy atom. The van der Waals surface area contributed by atoms with Crippen molar-refractivity contribution in [1.29, 1.82) is 0 Å². The fraction of sp³-hybridized carbons (Fsp3) is 0.857. The van der Waals surface area contributed by atoms with Crippen molar-refractivity contribution in [3.8, 4) is 0 Å². The summed E-state index contributed by atoms with van der Waals surface area (Å²) >= 11 is 0. The Labute approximate surface area is 111 Å². The number of Topliss-reactive ketones (excluding diaryl/α,β-unsaturated/α-hetero) is 1. The van der Waals surface area contributed by atoms with Gasteiger partial charge in [0.25, 0.3) is 0 Å². The molecule has 0 heterocycles. The number of ketones is 1. The van der Waals surface area contributed by atoms with Gasteiger partial charge in [-0.25, -0.2) is 0 Å². The third-order valence-corrected chi connectivity index (χ3v) is 2.30. The Balaban J connectivity index is 6.62. The smallest absolute Gasteiger partial charge is 0.367 e. The maximum absolute atomic E-state index is 12.1. The van der Waals surface area contributed by atoms with Gasteiger partial charge >= 0.3 is 35.9 Å². The zero-order chi connectivity index (χ0) is 18.6. The number of hydrogen-bond donors (Lipinski definition) is 2. The molecule has 0 unspecified atom stereocenters. The summed E-state index contributed by atoms with van der Waals surface area (Å²) in [5.74, 6) is -4.99. The van der Waals surface area contributed by atoms with Crippen LogP contribution in [0.15, 0.2) is 0 Å². The van der Waals surface area contributed by atoms with E-state index in [1.807, 2.05) is 0 Å². The van der Waals surface area contributed by atoms with Crippen LogP contribution in [-0.4, -0.2) is 51.9 Å². The van der Waals surface area contributed by atoms with E-state index in [2.05, 4.69) is 0 Å². The third kappa shape index (κ3) is 2.70. The molecule has 0 bridgehead atoms. The van der Waals surface area contributed by atoms with E-state index in [4.69, 9.17) is 10.2 Å². The van der Waals surface area contributed by atoms with Gasteiger partial charge < -0.3 is 10.2 Å². The molecule has 2 N–H and O–H groups in total. The summed E-state index contributed by atoms with van der Waals surface area (Å²) in [7, 11) is 0. The molecule has 132 valence electrons. The molecule has 0 atom stereocenters. The molecule has 3 nitrogen and oxygen atoms in total. The first-order valence-electron chi connectivity index (χ1n) is 4.42. The second-order valence-corrected chi connectivity index (χ2v) is 3.74. The van der Waals surface area contributed by atoms with Crippen LogP contribution in [0.2, 0.25) is 0 Å². The van der Waals surface area contributed by atoms with Crippen LogP contribution in [0.5, 0.6) is 0 Å². The highest BCUT2D eigenvalue weighted by Crippen LogP contribution is 2.52. The predicted molar refractivity (Wildman–Crippen MR) is 39.1 cm³/mol. The lowest BCUT2D eigenvalue weighted by Crippen LogP contribution is -2.74. The number of rotatable bonds is 2. The van der Waals surface area contributed by atoms with Crippen LogP contribution in [0.1, 0.15) is 0 Å². The first-order chi connectivity index (χ1) is 9.15. The predicted octanol–water partition coefficient (Wildman–Crippen LogP) is 2.27. The van der Waals surface area contributed by atoms with Gasteiger partial charge in [0, 0.05) is 0 Å². The molecule has 0 aromatic carbocycles. The van der Waals surface area contributed by atoms with Crippen molar-refractivity contribution in [2.75, 3.05) is 0 Å². The maximum Gasteiger partial charge on any atom is 0.433 e. The van der Waals surface area contributed by atoms with E-state index in [1.165, 1.54) is 0 Å². The molecule has 0 aliphatic heterocycles. The molecule has 0 amide bonds. The Morgan fingerprint density at radius 3 is 0.727 bits per heavy atom. The van der Waals surface area contributed by atoms with Crippen LogP contribution in [0, 0.1) is 0 Å². The SMILES string of the molecule is O=C(C(O)(C(F)(F)F)C(F)(F)F)C(O)(C(F)(F)F)C(F)(F)F. The molecule has 0 aromatic rings. The van der Waals surface area contributed by atoms with Gasteiger partial charge in [0.05, 0.1) is 0 Å². The topological polar surface area (TPSA) is 57.5 Å². The monoisotopic (exact) mass is 362 g/mol. The van der Waals surface area contributed by atoms with Crippen molar-refractivity contribution >= 4 is 5.78 Å². The average molecular weight is 362 g/mol. The van der Waals surface area contributed by atoms with E-state index in [-0.39, 0.29) is 0 Å². The Kier molecular flexibility index (Phi) is 4.60. The summed E-state index contributed by atoms with van der Waals surface area (Å²) in [6.07, 6.45) is -29.3. The summed E-state index contributed by atoms with van der Waals surface area (Å²) < 4.78 is 145. The first-order valence-corrected chi connectivity index (χ1v) is 4.42. The zero-order valence-electron chi connectivity index (χ0n) is 9.34. The molecule has 0 aromatic heterocycles. The van der Waals surface area contributed by atoms with Crippen LogP contribution < -0.4 is 0 Å². The molecule has 22 heavy (non-hydrogen) atoms. The Bertz CT molecular complexity index is 370. The van der Waals surface area contributed by atoms with E-state index in [0.29, 0.717) is 0 Å². The lowest BCUT2D eigenvalue weighted by atomic mass is 9.83. The van der Waals surface area contributed by atoms with Gasteiger partial charge in [-0.2, -0.15) is 52.7 Å². The van der Waals surface area contributed by atoms with Crippen LogP contribution in [0.4, 0.5) is 52.7 Å². The minimum Gasteiger partial charge on any atom is -0.367 e. The number of alkyl halides is 12. The number of carbonyl (C=O) groups excluding carboxylic acids is 1. The maximum atomic E-state index is 12.1. The fourth-order valence-corrected chi connectivity index (χ4v) is 1.10. The standard InChI is InChI=1S/C7H2F12O3/c8-4(9,10)2(21,5(11,12)13)1(20)3(22,6(14,15)16)7(17,18)19/h21-22H. The molecule has 0 saturated heterocycles. The number of carbonyl (C=O) groups is 1. The summed E-state index contributed by atoms with van der Waals surface area (Å²) in [5.41, 5.74) is -14.2. The van der Waals surface area contributed by atoms with Crippen LogP contribution in [0.25, 0.3) is 0 Å². The molecule has 15 heteroatoms. The summed E-state index contributed by atoms with van der Waals surface area (Å²) in [6, 6.07) is 0. The van der Waals surface area contributed by atoms with E-state index < -0.39 is 41.7 Å². The number of hydrogen-bond acceptors (Lipinski definition) is 3. The van der Waals surface area contributed by atoms with Gasteiger partial charge in [-0.15, -0.1) is 0 Å². The molecular weight excluding hydrogens is 360 g/mol. The van der Waals surface area contributed by atoms with Crippen LogP contribution in [0.3, 0.4) is 0 Å². The molecule has 0 saturated carbocycles. The lowest BCUT2D eigenvalue weighted by molar-refractivity contribution is -0.383. The Morgan fingerprint density at radius 2 is 0.636 bits per heavy atom. The minimum absolute atomic E-state index is 4.99. The van der Waals surface area contributed by atoms with Gasteiger partial charge in [-0.1, -0.05) is 0 Å². The Hall–Kier alpha value is -1.25. The average Bonchev–Trinajstić information content (AvgIpc) is 2.19. The second kappa shape index (κ2) is 4.87. The molecule has 0 fully saturated rings. The highest BCUT2D eigenvalue weighted by Gasteiger charge is 2.86. The summed E-state index contributed by atoms with van der Waals surface area (Å²) in [4.78, 5) is 10.7. The third-order valence-electron chi connectivity index (χ3n) is 2.30. The molecule has 0 aliphatic rings. The first kappa shape index (κ1) is 20.8. The van der Waals surface area contributed by atoms with Gasteiger partial charge in [0.1, 0.15) is 0 Å². The van der Waals surface area contributed by atoms with Gasteiger partial charge in [0.15, 0.2) is 0 Å². The fourth-order valence-electron chi connectivity index (χ4n) is 1.10. The molecular formula is C7H2F12O3. The van der Waals surface area contributed by atoms with Gasteiger partial charge in [0.2, 0.25) is 5.78 Å². The largest absolute Gasteiger partial charge is 0.433 e.